The minimum atomic E-state index is -4.39. The third kappa shape index (κ3) is 4.39. The molecule has 0 saturated heterocycles. The fraction of sp³-hybridized carbons (Fsp3) is 0.174. The molecule has 6 nitrogen and oxygen atoms in total. The van der Waals surface area contributed by atoms with E-state index in [1.54, 1.807) is 6.07 Å². The van der Waals surface area contributed by atoms with Crippen molar-refractivity contribution in [3.05, 3.63) is 77.7 Å². The molecule has 2 aromatic carbocycles. The Morgan fingerprint density at radius 3 is 2.41 bits per heavy atom. The highest BCUT2D eigenvalue weighted by atomic mass is 19.4. The Hall–Kier alpha value is -3.56. The molecule has 0 fully saturated rings. The fourth-order valence-electron chi connectivity index (χ4n) is 3.37. The zero-order valence-electron chi connectivity index (χ0n) is 16.9. The normalized spacial score (nSPS) is 12.7. The number of aliphatic hydroxyl groups is 2. The summed E-state index contributed by atoms with van der Waals surface area (Å²) in [5, 5.41) is 22.6. The number of alkyl halides is 3. The molecule has 0 spiro atoms. The van der Waals surface area contributed by atoms with Crippen LogP contribution in [0.2, 0.25) is 0 Å². The summed E-state index contributed by atoms with van der Waals surface area (Å²) >= 11 is 0. The second-order valence-corrected chi connectivity index (χ2v) is 7.29. The molecule has 4 aromatic rings. The lowest BCUT2D eigenvalue weighted by atomic mass is 10.0. The van der Waals surface area contributed by atoms with Gasteiger partial charge in [0.1, 0.15) is 18.2 Å². The number of hydrogen-bond donors (Lipinski definition) is 3. The molecule has 0 aliphatic carbocycles. The minimum absolute atomic E-state index is 0.387. The molecule has 0 saturated carbocycles. The molecule has 0 amide bonds. The summed E-state index contributed by atoms with van der Waals surface area (Å²) in [7, 11) is 0. The van der Waals surface area contributed by atoms with Crippen molar-refractivity contribution in [2.45, 2.75) is 19.2 Å². The van der Waals surface area contributed by atoms with E-state index in [1.807, 2.05) is 25.1 Å². The number of nitrogens with one attached hydrogen (secondary N) is 1. The molecule has 9 heteroatoms. The van der Waals surface area contributed by atoms with Crippen LogP contribution in [0.3, 0.4) is 0 Å². The van der Waals surface area contributed by atoms with Gasteiger partial charge in [-0.2, -0.15) is 13.2 Å². The summed E-state index contributed by atoms with van der Waals surface area (Å²) in [6.45, 7) is 1.47. The van der Waals surface area contributed by atoms with Crippen LogP contribution in [0.15, 0.2) is 61.1 Å². The molecular weight excluding hydrogens is 421 g/mol. The molecule has 2 aromatic heterocycles. The van der Waals surface area contributed by atoms with Crippen LogP contribution in [0.25, 0.3) is 22.2 Å². The molecule has 0 bridgehead atoms. The van der Waals surface area contributed by atoms with Gasteiger partial charge in [-0.3, -0.25) is 4.98 Å². The predicted octanol–water partition coefficient (Wildman–Crippen LogP) is 4.79. The number of hydrogen-bond acceptors (Lipinski definition) is 6. The van der Waals surface area contributed by atoms with Crippen LogP contribution in [-0.2, 0) is 6.18 Å². The van der Waals surface area contributed by atoms with Crippen molar-refractivity contribution < 1.29 is 23.4 Å². The summed E-state index contributed by atoms with van der Waals surface area (Å²) in [5.74, 6) is 0.465. The highest BCUT2D eigenvalue weighted by Gasteiger charge is 2.29. The van der Waals surface area contributed by atoms with Crippen molar-refractivity contribution in [1.82, 2.24) is 15.0 Å². The van der Waals surface area contributed by atoms with Gasteiger partial charge >= 0.3 is 6.18 Å². The second-order valence-electron chi connectivity index (χ2n) is 7.29. The lowest BCUT2D eigenvalue weighted by molar-refractivity contribution is -0.137. The average Bonchev–Trinajstić information content (AvgIpc) is 2.78. The Kier molecular flexibility index (Phi) is 5.77. The number of halogens is 3. The summed E-state index contributed by atoms with van der Waals surface area (Å²) in [6, 6.07) is 12.0. The van der Waals surface area contributed by atoms with Crippen LogP contribution >= 0.6 is 0 Å². The SMILES string of the molecule is Cc1cc([C@@H](O)CO)cnc1-c1ccc2c(Nc3ccc(C(F)(F)F)cc3)ncnc2c1. The van der Waals surface area contributed by atoms with E-state index in [-0.39, 0.29) is 6.61 Å². The van der Waals surface area contributed by atoms with Gasteiger partial charge in [-0.15, -0.1) is 0 Å². The maximum absolute atomic E-state index is 12.8. The molecule has 3 N–H and O–H groups in total. The van der Waals surface area contributed by atoms with Crippen LogP contribution in [-0.4, -0.2) is 31.8 Å². The van der Waals surface area contributed by atoms with E-state index < -0.39 is 17.8 Å². The molecule has 164 valence electrons. The van der Waals surface area contributed by atoms with E-state index >= 15 is 0 Å². The van der Waals surface area contributed by atoms with Crippen molar-refractivity contribution >= 4 is 22.4 Å². The van der Waals surface area contributed by atoms with Crippen LogP contribution in [0.1, 0.15) is 22.8 Å². The Labute approximate surface area is 181 Å². The maximum Gasteiger partial charge on any atom is 0.416 e. The average molecular weight is 440 g/mol. The van der Waals surface area contributed by atoms with Crippen LogP contribution in [0.5, 0.6) is 0 Å². The third-order valence-corrected chi connectivity index (χ3v) is 5.04. The number of aromatic nitrogens is 3. The van der Waals surface area contributed by atoms with Crippen molar-refractivity contribution in [3.63, 3.8) is 0 Å². The molecular formula is C23H19F3N4O2. The van der Waals surface area contributed by atoms with Crippen LogP contribution < -0.4 is 5.32 Å². The van der Waals surface area contributed by atoms with E-state index in [1.165, 1.54) is 24.7 Å². The number of rotatable bonds is 5. The summed E-state index contributed by atoms with van der Waals surface area (Å²) in [6.07, 6.45) is -2.49. The van der Waals surface area contributed by atoms with Gasteiger partial charge in [0.15, 0.2) is 0 Å². The second kappa shape index (κ2) is 8.52. The number of aryl methyl sites for hydroxylation is 1. The Morgan fingerprint density at radius 1 is 1.00 bits per heavy atom. The van der Waals surface area contributed by atoms with Crippen molar-refractivity contribution in [3.8, 4) is 11.3 Å². The van der Waals surface area contributed by atoms with Crippen LogP contribution in [0, 0.1) is 6.92 Å². The lowest BCUT2D eigenvalue weighted by Gasteiger charge is -2.13. The number of nitrogens with zero attached hydrogens (tertiary/aromatic N) is 3. The highest BCUT2D eigenvalue weighted by Crippen LogP contribution is 2.32. The molecule has 0 radical (unpaired) electrons. The molecule has 0 aliphatic heterocycles. The van der Waals surface area contributed by atoms with Crippen molar-refractivity contribution in [1.29, 1.82) is 0 Å². The van der Waals surface area contributed by atoms with E-state index in [0.29, 0.717) is 33.7 Å². The number of benzene rings is 2. The topological polar surface area (TPSA) is 91.2 Å². The van der Waals surface area contributed by atoms with Gasteiger partial charge in [0.2, 0.25) is 0 Å². The zero-order valence-corrected chi connectivity index (χ0v) is 16.9. The number of aliphatic hydroxyl groups excluding tert-OH is 2. The van der Waals surface area contributed by atoms with Crippen molar-refractivity contribution in [2.24, 2.45) is 0 Å². The highest BCUT2D eigenvalue weighted by molar-refractivity contribution is 5.93. The Morgan fingerprint density at radius 2 is 1.75 bits per heavy atom. The Balaban J connectivity index is 1.64. The lowest BCUT2D eigenvalue weighted by Crippen LogP contribution is -2.04. The van der Waals surface area contributed by atoms with E-state index in [9.17, 15) is 18.3 Å². The molecule has 0 aliphatic rings. The fourth-order valence-corrected chi connectivity index (χ4v) is 3.37. The van der Waals surface area contributed by atoms with Crippen LogP contribution in [0.4, 0.5) is 24.7 Å². The van der Waals surface area contributed by atoms with E-state index in [0.717, 1.165) is 23.3 Å². The van der Waals surface area contributed by atoms with Gasteiger partial charge in [0.25, 0.3) is 0 Å². The third-order valence-electron chi connectivity index (χ3n) is 5.04. The standard InChI is InChI=1S/C23H19F3N4O2/c1-13-8-15(20(32)11-31)10-27-21(13)14-2-7-18-19(9-14)28-12-29-22(18)30-17-5-3-16(4-6-17)23(24,25)26/h2-10,12,20,31-32H,11H2,1H3,(H,28,29,30)/t20-/m0/s1. The predicted molar refractivity (Wildman–Crippen MR) is 114 cm³/mol. The van der Waals surface area contributed by atoms with Gasteiger partial charge < -0.3 is 15.5 Å². The van der Waals surface area contributed by atoms with E-state index in [4.69, 9.17) is 5.11 Å². The first kappa shape index (κ1) is 21.7. The Bertz CT molecular complexity index is 1260. The molecule has 2 heterocycles. The molecule has 4 rings (SSSR count). The maximum atomic E-state index is 12.8. The molecule has 1 atom stereocenters. The van der Waals surface area contributed by atoms with Gasteiger partial charge in [-0.25, -0.2) is 9.97 Å². The van der Waals surface area contributed by atoms with E-state index in [2.05, 4.69) is 20.3 Å². The number of fused-ring (bicyclic) bond motifs is 1. The quantitative estimate of drug-likeness (QED) is 0.413. The largest absolute Gasteiger partial charge is 0.416 e. The smallest absolute Gasteiger partial charge is 0.393 e. The van der Waals surface area contributed by atoms with Gasteiger partial charge in [-0.05, 0) is 55.0 Å². The van der Waals surface area contributed by atoms with Gasteiger partial charge in [0, 0.05) is 28.4 Å². The summed E-state index contributed by atoms with van der Waals surface area (Å²) < 4.78 is 38.3. The minimum Gasteiger partial charge on any atom is -0.393 e. The number of anilines is 2. The zero-order chi connectivity index (χ0) is 22.9. The summed E-state index contributed by atoms with van der Waals surface area (Å²) in [5.41, 5.74) is 3.24. The monoisotopic (exact) mass is 440 g/mol. The first-order valence-electron chi connectivity index (χ1n) is 9.71. The molecule has 32 heavy (non-hydrogen) atoms. The van der Waals surface area contributed by atoms with Gasteiger partial charge in [0.05, 0.1) is 23.4 Å². The van der Waals surface area contributed by atoms with Gasteiger partial charge in [-0.1, -0.05) is 6.07 Å². The van der Waals surface area contributed by atoms with Crippen molar-refractivity contribution in [2.75, 3.05) is 11.9 Å². The first-order chi connectivity index (χ1) is 15.3. The summed E-state index contributed by atoms with van der Waals surface area (Å²) in [4.78, 5) is 12.9. The first-order valence-corrected chi connectivity index (χ1v) is 9.71. The number of pyridine rings is 1. The molecule has 0 unspecified atom stereocenters.